The lowest BCUT2D eigenvalue weighted by Crippen LogP contribution is -2.15. The number of para-hydroxylation sites is 1. The summed E-state index contributed by atoms with van der Waals surface area (Å²) in [7, 11) is 0. The van der Waals surface area contributed by atoms with Crippen molar-refractivity contribution in [3.05, 3.63) is 64.7 Å². The molecule has 1 N–H and O–H groups in total. The minimum atomic E-state index is -0.0130. The van der Waals surface area contributed by atoms with Gasteiger partial charge >= 0.3 is 0 Å². The molecule has 0 aliphatic heterocycles. The van der Waals surface area contributed by atoms with Crippen LogP contribution in [0.4, 0.5) is 5.69 Å². The van der Waals surface area contributed by atoms with Crippen molar-refractivity contribution in [1.29, 1.82) is 0 Å². The first-order valence-corrected chi connectivity index (χ1v) is 9.00. The Bertz CT molecular complexity index is 648. The van der Waals surface area contributed by atoms with Gasteiger partial charge in [0, 0.05) is 28.6 Å². The lowest BCUT2D eigenvalue weighted by molar-refractivity contribution is -0.113. The number of hydrogen-bond acceptors (Lipinski definition) is 3. The third-order valence-electron chi connectivity index (χ3n) is 3.14. The van der Waals surface area contributed by atoms with Crippen molar-refractivity contribution in [2.75, 3.05) is 17.7 Å². The lowest BCUT2D eigenvalue weighted by Gasteiger charge is -2.11. The van der Waals surface area contributed by atoms with E-state index in [4.69, 9.17) is 16.3 Å². The fourth-order valence-electron chi connectivity index (χ4n) is 2.05. The summed E-state index contributed by atoms with van der Waals surface area (Å²) in [4.78, 5) is 12.1. The average Bonchev–Trinajstić information content (AvgIpc) is 2.54. The van der Waals surface area contributed by atoms with E-state index in [0.29, 0.717) is 19.0 Å². The molecule has 0 aliphatic rings. The number of nitrogens with one attached hydrogen (secondary N) is 1. The van der Waals surface area contributed by atoms with Gasteiger partial charge in [-0.15, -0.1) is 11.8 Å². The van der Waals surface area contributed by atoms with Gasteiger partial charge in [-0.1, -0.05) is 41.9 Å². The van der Waals surface area contributed by atoms with Crippen LogP contribution in [0.15, 0.2) is 48.5 Å². The van der Waals surface area contributed by atoms with Gasteiger partial charge in [0.2, 0.25) is 5.91 Å². The smallest absolute Gasteiger partial charge is 0.234 e. The number of thioether (sulfide) groups is 1. The van der Waals surface area contributed by atoms with Gasteiger partial charge in [-0.2, -0.15) is 0 Å². The van der Waals surface area contributed by atoms with Gasteiger partial charge in [0.1, 0.15) is 0 Å². The molecular weight excluding hydrogens is 330 g/mol. The number of ether oxygens (including phenoxy) is 1. The third-order valence-corrected chi connectivity index (χ3v) is 4.38. The van der Waals surface area contributed by atoms with Crippen molar-refractivity contribution in [3.63, 3.8) is 0 Å². The Kier molecular flexibility index (Phi) is 7.46. The Morgan fingerprint density at radius 1 is 1.22 bits per heavy atom. The Labute approximate surface area is 146 Å². The Morgan fingerprint density at radius 2 is 2.04 bits per heavy atom. The number of hydrogen-bond donors (Lipinski definition) is 1. The zero-order valence-corrected chi connectivity index (χ0v) is 14.6. The van der Waals surface area contributed by atoms with Crippen LogP contribution >= 0.6 is 23.4 Å². The van der Waals surface area contributed by atoms with Crippen molar-refractivity contribution in [2.24, 2.45) is 0 Å². The molecule has 0 radical (unpaired) electrons. The van der Waals surface area contributed by atoms with E-state index in [1.807, 2.05) is 55.5 Å². The van der Waals surface area contributed by atoms with Gasteiger partial charge in [0.15, 0.2) is 0 Å². The van der Waals surface area contributed by atoms with E-state index >= 15 is 0 Å². The van der Waals surface area contributed by atoms with Crippen molar-refractivity contribution < 1.29 is 9.53 Å². The first kappa shape index (κ1) is 17.9. The monoisotopic (exact) mass is 349 g/mol. The molecule has 0 saturated heterocycles. The highest BCUT2D eigenvalue weighted by molar-refractivity contribution is 7.99. The molecule has 0 heterocycles. The van der Waals surface area contributed by atoms with Crippen molar-refractivity contribution in [3.8, 4) is 0 Å². The van der Waals surface area contributed by atoms with Gasteiger partial charge in [-0.25, -0.2) is 0 Å². The molecule has 2 rings (SSSR count). The van der Waals surface area contributed by atoms with Crippen LogP contribution in [0.5, 0.6) is 0 Å². The fourth-order valence-corrected chi connectivity index (χ4v) is 3.04. The topological polar surface area (TPSA) is 38.3 Å². The first-order valence-electron chi connectivity index (χ1n) is 7.46. The quantitative estimate of drug-likeness (QED) is 0.747. The van der Waals surface area contributed by atoms with Crippen molar-refractivity contribution in [2.45, 2.75) is 19.3 Å². The van der Waals surface area contributed by atoms with E-state index in [0.717, 1.165) is 27.6 Å². The molecular formula is C18H20ClNO2S. The molecule has 0 unspecified atom stereocenters. The van der Waals surface area contributed by atoms with Crippen LogP contribution in [0.25, 0.3) is 0 Å². The van der Waals surface area contributed by atoms with Gasteiger partial charge in [0.25, 0.3) is 0 Å². The summed E-state index contributed by atoms with van der Waals surface area (Å²) in [6, 6.07) is 15.4. The summed E-state index contributed by atoms with van der Waals surface area (Å²) in [5, 5.41) is 3.67. The van der Waals surface area contributed by atoms with E-state index in [1.165, 1.54) is 0 Å². The van der Waals surface area contributed by atoms with Crippen LogP contribution in [0.1, 0.15) is 18.1 Å². The molecule has 0 aromatic heterocycles. The zero-order chi connectivity index (χ0) is 16.5. The molecule has 122 valence electrons. The van der Waals surface area contributed by atoms with Gasteiger partial charge in [-0.3, -0.25) is 4.79 Å². The predicted molar refractivity (Wildman–Crippen MR) is 98.0 cm³/mol. The second-order valence-electron chi connectivity index (χ2n) is 4.97. The number of anilines is 1. The van der Waals surface area contributed by atoms with Crippen LogP contribution in [0, 0.1) is 0 Å². The number of carbonyl (C=O) groups excluding carboxylic acids is 1. The molecule has 3 nitrogen and oxygen atoms in total. The number of carbonyl (C=O) groups is 1. The molecule has 0 fully saturated rings. The SMILES string of the molecule is CCOCc1ccccc1NC(=O)CSCc1cccc(Cl)c1. The molecule has 1 amide bonds. The van der Waals surface area contributed by atoms with E-state index in [9.17, 15) is 4.79 Å². The molecule has 2 aromatic rings. The van der Waals surface area contributed by atoms with E-state index in [1.54, 1.807) is 11.8 Å². The summed E-state index contributed by atoms with van der Waals surface area (Å²) >= 11 is 7.52. The zero-order valence-electron chi connectivity index (χ0n) is 13.0. The van der Waals surface area contributed by atoms with E-state index in [2.05, 4.69) is 5.32 Å². The highest BCUT2D eigenvalue weighted by atomic mass is 35.5. The number of rotatable bonds is 8. The number of halogens is 1. The van der Waals surface area contributed by atoms with Crippen LogP contribution in [0.3, 0.4) is 0 Å². The van der Waals surface area contributed by atoms with E-state index < -0.39 is 0 Å². The van der Waals surface area contributed by atoms with Crippen LogP contribution in [0.2, 0.25) is 5.02 Å². The van der Waals surface area contributed by atoms with Crippen molar-refractivity contribution in [1.82, 2.24) is 0 Å². The Morgan fingerprint density at radius 3 is 2.83 bits per heavy atom. The Hall–Kier alpha value is -1.49. The summed E-state index contributed by atoms with van der Waals surface area (Å²) in [5.74, 6) is 1.14. The molecule has 2 aromatic carbocycles. The number of amides is 1. The maximum Gasteiger partial charge on any atom is 0.234 e. The molecule has 23 heavy (non-hydrogen) atoms. The molecule has 0 saturated carbocycles. The van der Waals surface area contributed by atoms with Crippen LogP contribution < -0.4 is 5.32 Å². The minimum Gasteiger partial charge on any atom is -0.377 e. The molecule has 0 atom stereocenters. The second kappa shape index (κ2) is 9.60. The highest BCUT2D eigenvalue weighted by Crippen LogP contribution is 2.19. The third kappa shape index (κ3) is 6.26. The maximum atomic E-state index is 12.1. The lowest BCUT2D eigenvalue weighted by atomic mass is 10.2. The maximum absolute atomic E-state index is 12.1. The standard InChI is InChI=1S/C18H20ClNO2S/c1-2-22-11-15-7-3-4-9-17(15)20-18(21)13-23-12-14-6-5-8-16(19)10-14/h3-10H,2,11-13H2,1H3,(H,20,21). The number of benzene rings is 2. The Balaban J connectivity index is 1.83. The second-order valence-corrected chi connectivity index (χ2v) is 6.39. The summed E-state index contributed by atoms with van der Waals surface area (Å²) in [6.07, 6.45) is 0. The highest BCUT2D eigenvalue weighted by Gasteiger charge is 2.07. The molecule has 0 aliphatic carbocycles. The van der Waals surface area contributed by atoms with Gasteiger partial charge in [-0.05, 0) is 30.7 Å². The molecule has 0 bridgehead atoms. The van der Waals surface area contributed by atoms with Crippen LogP contribution in [-0.4, -0.2) is 18.3 Å². The largest absolute Gasteiger partial charge is 0.377 e. The summed E-state index contributed by atoms with van der Waals surface area (Å²) in [6.45, 7) is 3.11. The van der Waals surface area contributed by atoms with Crippen molar-refractivity contribution >= 4 is 35.0 Å². The average molecular weight is 350 g/mol. The van der Waals surface area contributed by atoms with E-state index in [-0.39, 0.29) is 5.91 Å². The van der Waals surface area contributed by atoms with Gasteiger partial charge in [0.05, 0.1) is 12.4 Å². The minimum absolute atomic E-state index is 0.0130. The summed E-state index contributed by atoms with van der Waals surface area (Å²) in [5.41, 5.74) is 2.92. The first-order chi connectivity index (χ1) is 11.2. The predicted octanol–water partition coefficient (Wildman–Crippen LogP) is 4.75. The van der Waals surface area contributed by atoms with Gasteiger partial charge < -0.3 is 10.1 Å². The summed E-state index contributed by atoms with van der Waals surface area (Å²) < 4.78 is 5.42. The normalized spacial score (nSPS) is 10.5. The fraction of sp³-hybridized carbons (Fsp3) is 0.278. The van der Waals surface area contributed by atoms with Crippen LogP contribution in [-0.2, 0) is 21.9 Å². The molecule has 0 spiro atoms. The molecule has 5 heteroatoms.